The Balaban J connectivity index is 0.000000243. The fraction of sp³-hybridized carbons (Fsp3) is 0.150. The topological polar surface area (TPSA) is 60.1 Å². The summed E-state index contributed by atoms with van der Waals surface area (Å²) in [6.45, 7) is 3.80. The van der Waals surface area contributed by atoms with E-state index in [-0.39, 0.29) is 32.3 Å². The molecule has 2 aromatic heterocycles. The van der Waals surface area contributed by atoms with Gasteiger partial charge in [-0.05, 0) is 42.8 Å². The number of aliphatic hydroxyl groups is 1. The Bertz CT molecular complexity index is 1770. The quantitative estimate of drug-likeness (QED) is 0.165. The van der Waals surface area contributed by atoms with E-state index in [4.69, 9.17) is 10.1 Å². The van der Waals surface area contributed by atoms with Crippen LogP contribution >= 0.6 is 0 Å². The van der Waals surface area contributed by atoms with E-state index in [9.17, 15) is 0 Å². The molecule has 45 heavy (non-hydrogen) atoms. The predicted molar refractivity (Wildman–Crippen MR) is 178 cm³/mol. The minimum absolute atomic E-state index is 0. The monoisotopic (exact) mass is 765 g/mol. The first-order valence-corrected chi connectivity index (χ1v) is 15.0. The minimum atomic E-state index is -0.584. The summed E-state index contributed by atoms with van der Waals surface area (Å²) in [4.78, 5) is 9.40. The van der Waals surface area contributed by atoms with Crippen LogP contribution in [0.1, 0.15) is 42.7 Å². The Morgan fingerprint density at radius 2 is 1.44 bits per heavy atom. The molecule has 0 saturated carbocycles. The molecule has 1 N–H and O–H groups in total. The van der Waals surface area contributed by atoms with Crippen molar-refractivity contribution in [2.45, 2.75) is 37.8 Å². The van der Waals surface area contributed by atoms with Gasteiger partial charge in [0.25, 0.3) is 0 Å². The van der Waals surface area contributed by atoms with E-state index in [0.29, 0.717) is 0 Å². The molecule has 0 spiro atoms. The molecule has 7 rings (SSSR count). The van der Waals surface area contributed by atoms with Crippen LogP contribution in [0.5, 0.6) is 0 Å². The molecule has 5 heteroatoms. The van der Waals surface area contributed by atoms with E-state index in [1.54, 1.807) is 6.92 Å². The van der Waals surface area contributed by atoms with Crippen molar-refractivity contribution in [3.05, 3.63) is 180 Å². The van der Waals surface area contributed by atoms with E-state index in [0.717, 1.165) is 40.2 Å². The molecule has 3 atom stereocenters. The average molecular weight is 765 g/mol. The zero-order valence-corrected chi connectivity index (χ0v) is 27.7. The van der Waals surface area contributed by atoms with E-state index < -0.39 is 5.41 Å². The molecular formula is C40H34IrN3O. The first kappa shape index (κ1) is 32.0. The number of pyridine rings is 2. The van der Waals surface area contributed by atoms with Gasteiger partial charge in [-0.25, -0.2) is 0 Å². The van der Waals surface area contributed by atoms with E-state index in [2.05, 4.69) is 89.2 Å². The van der Waals surface area contributed by atoms with Crippen LogP contribution in [-0.2, 0) is 25.5 Å². The van der Waals surface area contributed by atoms with Gasteiger partial charge in [-0.2, -0.15) is 24.3 Å². The second-order valence-electron chi connectivity index (χ2n) is 11.1. The summed E-state index contributed by atoms with van der Waals surface area (Å²) in [5.41, 5.74) is 9.03. The maximum Gasteiger partial charge on any atom is 3.00 e. The summed E-state index contributed by atoms with van der Waals surface area (Å²) in [5.74, 6) is 0. The zero-order chi connectivity index (χ0) is 30.4. The van der Waals surface area contributed by atoms with Crippen molar-refractivity contribution < 1.29 is 25.2 Å². The van der Waals surface area contributed by atoms with Gasteiger partial charge in [-0.3, -0.25) is 4.98 Å². The SMILES string of the molecule is CC(O)CC(C)[N-]c1ccccc1.[Ir+3].[c-]1c(-c2ccccn2)cccc1[C@]1(c2ccccn2)c2[c-]cccc2-c2ccccc21. The third-order valence-electron chi connectivity index (χ3n) is 7.85. The van der Waals surface area contributed by atoms with E-state index >= 15 is 0 Å². The third kappa shape index (κ3) is 6.67. The number of para-hydroxylation sites is 1. The number of aromatic nitrogens is 2. The third-order valence-corrected chi connectivity index (χ3v) is 7.85. The minimum Gasteiger partial charge on any atom is -0.682 e. The molecule has 1 aliphatic rings. The second-order valence-corrected chi connectivity index (χ2v) is 11.1. The van der Waals surface area contributed by atoms with Crippen LogP contribution in [0.2, 0.25) is 0 Å². The van der Waals surface area contributed by atoms with Gasteiger partial charge >= 0.3 is 20.1 Å². The second kappa shape index (κ2) is 14.6. The molecule has 0 aliphatic heterocycles. The molecule has 6 aromatic rings. The number of benzene rings is 4. The Labute approximate surface area is 279 Å². The average Bonchev–Trinajstić information content (AvgIpc) is 3.37. The maximum absolute atomic E-state index is 9.14. The standard InChI is InChI=1S/C29H18N2.C11H16NO.Ir/c1-3-14-25-23(12-1)24-13-2-4-15-26(24)29(25,28-17-6-8-19-31-28)22-11-9-10-21(20-22)27-16-5-7-18-30-27;1-9(8-10(2)13)12-11-6-4-3-5-7-11;/h1-14,16-19H;3-7,9-10,13H,8H2,1-2H3;/q-2;-1;+3/t29-;;/m1../s1. The van der Waals surface area contributed by atoms with Gasteiger partial charge in [-0.15, -0.1) is 58.2 Å². The Morgan fingerprint density at radius 3 is 2.18 bits per heavy atom. The largest absolute Gasteiger partial charge is 3.00 e. The van der Waals surface area contributed by atoms with Gasteiger partial charge in [0.15, 0.2) is 0 Å². The first-order chi connectivity index (χ1) is 21.6. The van der Waals surface area contributed by atoms with Gasteiger partial charge in [-0.1, -0.05) is 85.3 Å². The van der Waals surface area contributed by atoms with Crippen molar-refractivity contribution in [3.8, 4) is 22.4 Å². The van der Waals surface area contributed by atoms with Crippen LogP contribution in [0.4, 0.5) is 5.69 Å². The molecule has 2 unspecified atom stereocenters. The molecule has 0 bridgehead atoms. The molecule has 0 saturated heterocycles. The van der Waals surface area contributed by atoms with E-state index in [1.807, 2.05) is 80.0 Å². The van der Waals surface area contributed by atoms with Gasteiger partial charge in [0, 0.05) is 23.9 Å². The van der Waals surface area contributed by atoms with Crippen LogP contribution in [-0.4, -0.2) is 27.2 Å². The van der Waals surface area contributed by atoms with E-state index in [1.165, 1.54) is 16.7 Å². The number of rotatable bonds is 7. The first-order valence-electron chi connectivity index (χ1n) is 15.0. The number of nitrogens with zero attached hydrogens (tertiary/aromatic N) is 3. The van der Waals surface area contributed by atoms with Crippen molar-refractivity contribution in [1.82, 2.24) is 9.97 Å². The summed E-state index contributed by atoms with van der Waals surface area (Å²) < 4.78 is 0. The van der Waals surface area contributed by atoms with Crippen LogP contribution in [0, 0.1) is 12.1 Å². The van der Waals surface area contributed by atoms with Crippen molar-refractivity contribution in [3.63, 3.8) is 0 Å². The number of hydrogen-bond donors (Lipinski definition) is 1. The summed E-state index contributed by atoms with van der Waals surface area (Å²) in [6, 6.07) is 50.5. The van der Waals surface area contributed by atoms with Gasteiger partial charge < -0.3 is 15.4 Å². The van der Waals surface area contributed by atoms with Gasteiger partial charge in [0.05, 0.1) is 5.69 Å². The molecule has 0 fully saturated rings. The van der Waals surface area contributed by atoms with Crippen molar-refractivity contribution in [1.29, 1.82) is 0 Å². The van der Waals surface area contributed by atoms with Crippen LogP contribution in [0.3, 0.4) is 0 Å². The van der Waals surface area contributed by atoms with Crippen LogP contribution < -0.4 is 0 Å². The fourth-order valence-corrected chi connectivity index (χ4v) is 6.09. The Morgan fingerprint density at radius 1 is 0.733 bits per heavy atom. The van der Waals surface area contributed by atoms with Crippen LogP contribution in [0.25, 0.3) is 27.7 Å². The summed E-state index contributed by atoms with van der Waals surface area (Å²) in [7, 11) is 0. The van der Waals surface area contributed by atoms with Crippen molar-refractivity contribution >= 4 is 5.69 Å². The molecule has 0 amide bonds. The summed E-state index contributed by atoms with van der Waals surface area (Å²) in [6.07, 6.45) is 4.12. The maximum atomic E-state index is 9.14. The fourth-order valence-electron chi connectivity index (χ4n) is 6.09. The molecular weight excluding hydrogens is 731 g/mol. The number of hydrogen-bond acceptors (Lipinski definition) is 3. The Hall–Kier alpha value is -4.41. The zero-order valence-electron chi connectivity index (χ0n) is 25.3. The number of fused-ring (bicyclic) bond motifs is 3. The predicted octanol–water partition coefficient (Wildman–Crippen LogP) is 8.96. The molecule has 2 heterocycles. The molecule has 224 valence electrons. The normalized spacial score (nSPS) is 15.7. The molecule has 1 aliphatic carbocycles. The Kier molecular flexibility index (Phi) is 10.4. The summed E-state index contributed by atoms with van der Waals surface area (Å²) in [5, 5.41) is 13.6. The van der Waals surface area contributed by atoms with Crippen LogP contribution in [0.15, 0.2) is 140 Å². The smallest absolute Gasteiger partial charge is 0.682 e. The van der Waals surface area contributed by atoms with Crippen molar-refractivity contribution in [2.24, 2.45) is 0 Å². The number of aliphatic hydroxyl groups excluding tert-OH is 1. The van der Waals surface area contributed by atoms with Gasteiger partial charge in [0.2, 0.25) is 0 Å². The van der Waals surface area contributed by atoms with Gasteiger partial charge in [0.1, 0.15) is 0 Å². The molecule has 0 radical (unpaired) electrons. The summed E-state index contributed by atoms with van der Waals surface area (Å²) >= 11 is 0. The van der Waals surface area contributed by atoms with Crippen molar-refractivity contribution in [2.75, 3.05) is 0 Å². The molecule has 4 nitrogen and oxygen atoms in total. The molecule has 4 aromatic carbocycles.